The Morgan fingerprint density at radius 2 is 2.25 bits per heavy atom. The molecule has 0 radical (unpaired) electrons. The van der Waals surface area contributed by atoms with Crippen LogP contribution < -0.4 is 15.0 Å². The van der Waals surface area contributed by atoms with E-state index in [-0.39, 0.29) is 0 Å². The summed E-state index contributed by atoms with van der Waals surface area (Å²) in [7, 11) is 0. The summed E-state index contributed by atoms with van der Waals surface area (Å²) in [4.78, 5) is 17.0. The van der Waals surface area contributed by atoms with Crippen LogP contribution in [0.1, 0.15) is 0 Å². The lowest BCUT2D eigenvalue weighted by molar-refractivity contribution is 0.209. The normalized spacial score (nSPS) is 13.3. The standard InChI is InChI=1S/C14H13N3O3/c18-14(19)16-10-4-5-11-12(9-10)20-8-7-17(11)13-3-1-2-6-15-13/h1-6,9,16H,7-8H2,(H,18,19). The lowest BCUT2D eigenvalue weighted by Crippen LogP contribution is -2.29. The van der Waals surface area contributed by atoms with Crippen LogP contribution >= 0.6 is 0 Å². The number of carbonyl (C=O) groups is 1. The zero-order chi connectivity index (χ0) is 13.9. The molecule has 2 N–H and O–H groups in total. The molecule has 0 aliphatic carbocycles. The molecular weight excluding hydrogens is 258 g/mol. The topological polar surface area (TPSA) is 74.7 Å². The van der Waals surface area contributed by atoms with E-state index >= 15 is 0 Å². The molecule has 6 heteroatoms. The van der Waals surface area contributed by atoms with Gasteiger partial charge in [0.1, 0.15) is 18.2 Å². The number of nitrogens with zero attached hydrogens (tertiary/aromatic N) is 2. The molecule has 102 valence electrons. The van der Waals surface area contributed by atoms with Crippen molar-refractivity contribution in [2.24, 2.45) is 0 Å². The largest absolute Gasteiger partial charge is 0.489 e. The Hall–Kier alpha value is -2.76. The van der Waals surface area contributed by atoms with Crippen molar-refractivity contribution in [1.29, 1.82) is 0 Å². The number of carboxylic acid groups (broad SMARTS) is 1. The summed E-state index contributed by atoms with van der Waals surface area (Å²) in [5.74, 6) is 1.49. The average molecular weight is 271 g/mol. The van der Waals surface area contributed by atoms with Crippen molar-refractivity contribution in [2.45, 2.75) is 0 Å². The maximum atomic E-state index is 10.7. The predicted molar refractivity (Wildman–Crippen MR) is 74.8 cm³/mol. The molecule has 6 nitrogen and oxygen atoms in total. The van der Waals surface area contributed by atoms with Crippen molar-refractivity contribution in [3.63, 3.8) is 0 Å². The Morgan fingerprint density at radius 3 is 3.00 bits per heavy atom. The Morgan fingerprint density at radius 1 is 1.35 bits per heavy atom. The third-order valence-electron chi connectivity index (χ3n) is 3.00. The van der Waals surface area contributed by atoms with E-state index in [1.165, 1.54) is 0 Å². The molecule has 20 heavy (non-hydrogen) atoms. The second-order valence-electron chi connectivity index (χ2n) is 4.30. The summed E-state index contributed by atoms with van der Waals surface area (Å²) in [6, 6.07) is 10.9. The lowest BCUT2D eigenvalue weighted by atomic mass is 10.2. The second-order valence-corrected chi connectivity index (χ2v) is 4.30. The van der Waals surface area contributed by atoms with Crippen molar-refractivity contribution < 1.29 is 14.6 Å². The number of nitrogens with one attached hydrogen (secondary N) is 1. The number of fused-ring (bicyclic) bond motifs is 1. The van der Waals surface area contributed by atoms with E-state index in [0.29, 0.717) is 24.6 Å². The minimum absolute atomic E-state index is 0.485. The first-order valence-corrected chi connectivity index (χ1v) is 6.19. The Kier molecular flexibility index (Phi) is 3.12. The second kappa shape index (κ2) is 5.08. The first kappa shape index (κ1) is 12.3. The minimum Gasteiger partial charge on any atom is -0.489 e. The zero-order valence-corrected chi connectivity index (χ0v) is 10.6. The van der Waals surface area contributed by atoms with Crippen LogP contribution in [0, 0.1) is 0 Å². The van der Waals surface area contributed by atoms with Crippen LogP contribution in [0.2, 0.25) is 0 Å². The third-order valence-corrected chi connectivity index (χ3v) is 3.00. The van der Waals surface area contributed by atoms with Gasteiger partial charge in [-0.1, -0.05) is 6.07 Å². The molecule has 1 amide bonds. The Balaban J connectivity index is 1.95. The molecule has 2 aromatic rings. The van der Waals surface area contributed by atoms with Crippen LogP contribution in [-0.2, 0) is 0 Å². The van der Waals surface area contributed by atoms with E-state index in [1.807, 2.05) is 29.2 Å². The molecule has 0 unspecified atom stereocenters. The van der Waals surface area contributed by atoms with Crippen molar-refractivity contribution in [3.8, 4) is 5.75 Å². The molecule has 1 aromatic carbocycles. The lowest BCUT2D eigenvalue weighted by Gasteiger charge is -2.30. The molecule has 3 rings (SSSR count). The van der Waals surface area contributed by atoms with E-state index < -0.39 is 6.09 Å². The number of benzene rings is 1. The molecule has 1 aliphatic heterocycles. The van der Waals surface area contributed by atoms with Gasteiger partial charge in [0.05, 0.1) is 12.2 Å². The van der Waals surface area contributed by atoms with Crippen LogP contribution in [-0.4, -0.2) is 29.3 Å². The maximum absolute atomic E-state index is 10.7. The highest BCUT2D eigenvalue weighted by Gasteiger charge is 2.20. The van der Waals surface area contributed by atoms with E-state index in [0.717, 1.165) is 11.5 Å². The molecule has 1 aromatic heterocycles. The number of amides is 1. The van der Waals surface area contributed by atoms with Gasteiger partial charge in [0.15, 0.2) is 0 Å². The van der Waals surface area contributed by atoms with Crippen LogP contribution in [0.15, 0.2) is 42.6 Å². The van der Waals surface area contributed by atoms with Crippen LogP contribution in [0.25, 0.3) is 0 Å². The highest BCUT2D eigenvalue weighted by molar-refractivity contribution is 5.84. The van der Waals surface area contributed by atoms with Crippen molar-refractivity contribution in [2.75, 3.05) is 23.4 Å². The van der Waals surface area contributed by atoms with Gasteiger partial charge in [0, 0.05) is 18.0 Å². The first-order chi connectivity index (χ1) is 9.74. The van der Waals surface area contributed by atoms with Crippen molar-refractivity contribution >= 4 is 23.3 Å². The summed E-state index contributed by atoms with van der Waals surface area (Å²) in [6.45, 7) is 1.23. The quantitative estimate of drug-likeness (QED) is 0.878. The van der Waals surface area contributed by atoms with E-state index in [2.05, 4.69) is 10.3 Å². The fourth-order valence-corrected chi connectivity index (χ4v) is 2.17. The number of hydrogen-bond acceptors (Lipinski definition) is 4. The van der Waals surface area contributed by atoms with Gasteiger partial charge in [-0.2, -0.15) is 0 Å². The SMILES string of the molecule is O=C(O)Nc1ccc2c(c1)OCCN2c1ccccn1. The van der Waals surface area contributed by atoms with Gasteiger partial charge in [-0.15, -0.1) is 0 Å². The monoisotopic (exact) mass is 271 g/mol. The van der Waals surface area contributed by atoms with Gasteiger partial charge in [-0.3, -0.25) is 5.32 Å². The molecular formula is C14H13N3O3. The predicted octanol–water partition coefficient (Wildman–Crippen LogP) is 2.70. The average Bonchev–Trinajstić information content (AvgIpc) is 2.46. The Labute approximate surface area is 115 Å². The summed E-state index contributed by atoms with van der Waals surface area (Å²) in [6.07, 6.45) is 0.646. The third kappa shape index (κ3) is 2.35. The van der Waals surface area contributed by atoms with Gasteiger partial charge in [-0.25, -0.2) is 9.78 Å². The number of anilines is 3. The molecule has 0 bridgehead atoms. The Bertz CT molecular complexity index is 631. The first-order valence-electron chi connectivity index (χ1n) is 6.19. The maximum Gasteiger partial charge on any atom is 0.409 e. The molecule has 2 heterocycles. The summed E-state index contributed by atoms with van der Waals surface area (Å²) in [5.41, 5.74) is 1.37. The van der Waals surface area contributed by atoms with E-state index in [4.69, 9.17) is 9.84 Å². The molecule has 0 spiro atoms. The number of ether oxygens (including phenoxy) is 1. The van der Waals surface area contributed by atoms with Crippen LogP contribution in [0.5, 0.6) is 5.75 Å². The summed E-state index contributed by atoms with van der Waals surface area (Å²) < 4.78 is 5.60. The minimum atomic E-state index is -1.10. The number of rotatable bonds is 2. The van der Waals surface area contributed by atoms with Crippen molar-refractivity contribution in [3.05, 3.63) is 42.6 Å². The van der Waals surface area contributed by atoms with Gasteiger partial charge in [0.25, 0.3) is 0 Å². The molecule has 1 aliphatic rings. The smallest absolute Gasteiger partial charge is 0.409 e. The molecule has 0 fully saturated rings. The van der Waals surface area contributed by atoms with Crippen molar-refractivity contribution in [1.82, 2.24) is 4.98 Å². The van der Waals surface area contributed by atoms with Gasteiger partial charge < -0.3 is 14.7 Å². The van der Waals surface area contributed by atoms with E-state index in [9.17, 15) is 4.79 Å². The van der Waals surface area contributed by atoms with E-state index in [1.54, 1.807) is 18.3 Å². The highest BCUT2D eigenvalue weighted by atomic mass is 16.5. The van der Waals surface area contributed by atoms with Crippen LogP contribution in [0.3, 0.4) is 0 Å². The summed E-state index contributed by atoms with van der Waals surface area (Å²) >= 11 is 0. The number of pyridine rings is 1. The van der Waals surface area contributed by atoms with Gasteiger partial charge in [-0.05, 0) is 24.3 Å². The van der Waals surface area contributed by atoms with Gasteiger partial charge in [0.2, 0.25) is 0 Å². The fourth-order valence-electron chi connectivity index (χ4n) is 2.17. The zero-order valence-electron chi connectivity index (χ0n) is 10.6. The fraction of sp³-hybridized carbons (Fsp3) is 0.143. The number of hydrogen-bond donors (Lipinski definition) is 2. The summed E-state index contributed by atoms with van der Waals surface area (Å²) in [5, 5.41) is 11.0. The van der Waals surface area contributed by atoms with Gasteiger partial charge >= 0.3 is 6.09 Å². The van der Waals surface area contributed by atoms with Crippen LogP contribution in [0.4, 0.5) is 22.0 Å². The molecule has 0 saturated heterocycles. The number of aromatic nitrogens is 1. The highest BCUT2D eigenvalue weighted by Crippen LogP contribution is 2.37. The molecule has 0 atom stereocenters. The molecule has 0 saturated carbocycles.